The monoisotopic (exact) mass is 410 g/mol. The number of thiophene rings is 1. The van der Waals surface area contributed by atoms with Crippen LogP contribution in [0.5, 0.6) is 0 Å². The maximum absolute atomic E-state index is 12.9. The molecule has 0 saturated carbocycles. The van der Waals surface area contributed by atoms with Crippen LogP contribution in [-0.2, 0) is 12.4 Å². The zero-order valence-electron chi connectivity index (χ0n) is 13.8. The van der Waals surface area contributed by atoms with E-state index in [1.807, 2.05) is 0 Å². The van der Waals surface area contributed by atoms with Crippen molar-refractivity contribution in [3.8, 4) is 0 Å². The van der Waals surface area contributed by atoms with Gasteiger partial charge in [0.05, 0.1) is 16.7 Å². The number of anilines is 1. The molecule has 2 rings (SSSR count). The highest BCUT2D eigenvalue weighted by Gasteiger charge is 2.37. The summed E-state index contributed by atoms with van der Waals surface area (Å²) in [6.45, 7) is 3.17. The fourth-order valence-electron chi connectivity index (χ4n) is 2.27. The summed E-state index contributed by atoms with van der Waals surface area (Å²) in [5, 5.41) is 2.12. The Labute approximate surface area is 153 Å². The van der Waals surface area contributed by atoms with Crippen LogP contribution < -0.4 is 11.1 Å². The van der Waals surface area contributed by atoms with Crippen molar-refractivity contribution in [2.24, 2.45) is 5.73 Å². The Balaban J connectivity index is 2.51. The molecule has 1 aromatic heterocycles. The number of carbonyl (C=O) groups is 2. The zero-order valence-corrected chi connectivity index (χ0v) is 14.6. The first-order valence-electron chi connectivity index (χ1n) is 7.22. The minimum atomic E-state index is -5.08. The van der Waals surface area contributed by atoms with E-state index in [1.165, 1.54) is 0 Å². The minimum absolute atomic E-state index is 0.0473. The first kappa shape index (κ1) is 20.7. The lowest BCUT2D eigenvalue weighted by Gasteiger charge is -2.14. The number of nitrogens with two attached hydrogens (primary N) is 1. The van der Waals surface area contributed by atoms with Gasteiger partial charge in [0.25, 0.3) is 11.8 Å². The molecule has 0 aliphatic heterocycles. The number of carbonyl (C=O) groups excluding carboxylic acids is 2. The molecule has 146 valence electrons. The number of rotatable bonds is 3. The molecule has 0 fully saturated rings. The number of alkyl halides is 6. The molecular weight excluding hydrogens is 398 g/mol. The van der Waals surface area contributed by atoms with Crippen LogP contribution in [0.2, 0.25) is 0 Å². The summed E-state index contributed by atoms with van der Waals surface area (Å²) < 4.78 is 77.4. The van der Waals surface area contributed by atoms with Crippen molar-refractivity contribution >= 4 is 28.2 Å². The van der Waals surface area contributed by atoms with E-state index in [9.17, 15) is 35.9 Å². The SMILES string of the molecule is Cc1sc(NC(=O)c2cc(C(F)(F)F)cc(C(F)(F)F)c2)c(C(N)=O)c1C. The lowest BCUT2D eigenvalue weighted by Crippen LogP contribution is -2.19. The summed E-state index contributed by atoms with van der Waals surface area (Å²) in [6, 6.07) is 0.536. The second-order valence-corrected chi connectivity index (χ2v) is 6.83. The fraction of sp³-hybridized carbons (Fsp3) is 0.250. The van der Waals surface area contributed by atoms with Crippen molar-refractivity contribution in [3.05, 3.63) is 50.9 Å². The molecule has 0 unspecified atom stereocenters. The van der Waals surface area contributed by atoms with Crippen LogP contribution in [0.15, 0.2) is 18.2 Å². The maximum Gasteiger partial charge on any atom is 0.416 e. The van der Waals surface area contributed by atoms with Gasteiger partial charge in [0.15, 0.2) is 0 Å². The van der Waals surface area contributed by atoms with Gasteiger partial charge in [-0.25, -0.2) is 0 Å². The van der Waals surface area contributed by atoms with Gasteiger partial charge in [0.1, 0.15) is 5.00 Å². The van der Waals surface area contributed by atoms with Gasteiger partial charge in [0, 0.05) is 10.4 Å². The van der Waals surface area contributed by atoms with Gasteiger partial charge < -0.3 is 11.1 Å². The largest absolute Gasteiger partial charge is 0.416 e. The zero-order chi connectivity index (χ0) is 20.7. The quantitative estimate of drug-likeness (QED) is 0.717. The van der Waals surface area contributed by atoms with Gasteiger partial charge in [-0.05, 0) is 37.6 Å². The highest BCUT2D eigenvalue weighted by molar-refractivity contribution is 7.16. The van der Waals surface area contributed by atoms with Gasteiger partial charge >= 0.3 is 12.4 Å². The van der Waals surface area contributed by atoms with Crippen LogP contribution in [0.3, 0.4) is 0 Å². The number of primary amides is 1. The summed E-state index contributed by atoms with van der Waals surface area (Å²) in [4.78, 5) is 24.4. The Kier molecular flexibility index (Phi) is 5.28. The standard InChI is InChI=1S/C16H12F6N2O2S/c1-6-7(2)27-14(11(6)12(23)25)24-13(26)8-3-9(15(17,18)19)5-10(4-8)16(20,21)22/h3-5H,1-2H3,(H2,23,25)(H,24,26). The molecule has 11 heteroatoms. The molecule has 0 aliphatic carbocycles. The third-order valence-corrected chi connectivity index (χ3v) is 4.83. The minimum Gasteiger partial charge on any atom is -0.365 e. The molecule has 3 N–H and O–H groups in total. The predicted octanol–water partition coefficient (Wildman–Crippen LogP) is 4.75. The highest BCUT2D eigenvalue weighted by atomic mass is 32.1. The topological polar surface area (TPSA) is 72.2 Å². The summed E-state index contributed by atoms with van der Waals surface area (Å²) in [5.41, 5.74) is 1.56. The maximum atomic E-state index is 12.9. The third kappa shape index (κ3) is 4.41. The van der Waals surface area contributed by atoms with E-state index in [1.54, 1.807) is 13.8 Å². The molecule has 0 aliphatic rings. The van der Waals surface area contributed by atoms with Gasteiger partial charge in [0.2, 0.25) is 0 Å². The number of benzene rings is 1. The summed E-state index contributed by atoms with van der Waals surface area (Å²) in [5.74, 6) is -2.11. The molecule has 0 bridgehead atoms. The Morgan fingerprint density at radius 1 is 0.963 bits per heavy atom. The predicted molar refractivity (Wildman–Crippen MR) is 86.7 cm³/mol. The number of halogens is 6. The van der Waals surface area contributed by atoms with Gasteiger partial charge in [-0.1, -0.05) is 0 Å². The van der Waals surface area contributed by atoms with Crippen LogP contribution in [-0.4, -0.2) is 11.8 Å². The van der Waals surface area contributed by atoms with Crippen molar-refractivity contribution in [1.29, 1.82) is 0 Å². The highest BCUT2D eigenvalue weighted by Crippen LogP contribution is 2.37. The summed E-state index contributed by atoms with van der Waals surface area (Å²) in [7, 11) is 0. The molecule has 0 saturated heterocycles. The van der Waals surface area contributed by atoms with E-state index >= 15 is 0 Å². The molecule has 1 aromatic carbocycles. The van der Waals surface area contributed by atoms with Gasteiger partial charge in [-0.2, -0.15) is 26.3 Å². The number of hydrogen-bond acceptors (Lipinski definition) is 3. The van der Waals surface area contributed by atoms with E-state index in [-0.39, 0.29) is 16.6 Å². The van der Waals surface area contributed by atoms with Crippen LogP contribution in [0, 0.1) is 13.8 Å². The molecular formula is C16H12F6N2O2S. The average Bonchev–Trinajstić information content (AvgIpc) is 2.79. The number of amides is 2. The van der Waals surface area contributed by atoms with Crippen LogP contribution >= 0.6 is 11.3 Å². The van der Waals surface area contributed by atoms with Crippen LogP contribution in [0.4, 0.5) is 31.3 Å². The smallest absolute Gasteiger partial charge is 0.365 e. The van der Waals surface area contributed by atoms with Crippen molar-refractivity contribution in [1.82, 2.24) is 0 Å². The lowest BCUT2D eigenvalue weighted by atomic mass is 10.0. The first-order valence-corrected chi connectivity index (χ1v) is 8.04. The normalized spacial score (nSPS) is 12.1. The second-order valence-electron chi connectivity index (χ2n) is 5.60. The Hall–Kier alpha value is -2.56. The Morgan fingerprint density at radius 3 is 1.85 bits per heavy atom. The van der Waals surface area contributed by atoms with Crippen molar-refractivity contribution < 1.29 is 35.9 Å². The average molecular weight is 410 g/mol. The molecule has 0 atom stereocenters. The van der Waals surface area contributed by atoms with Gasteiger partial charge in [-0.15, -0.1) is 11.3 Å². The van der Waals surface area contributed by atoms with Crippen LogP contribution in [0.25, 0.3) is 0 Å². The number of aryl methyl sites for hydroxylation is 1. The molecule has 0 spiro atoms. The first-order chi connectivity index (χ1) is 12.2. The molecule has 2 amide bonds. The number of hydrogen-bond donors (Lipinski definition) is 2. The van der Waals surface area contributed by atoms with E-state index in [0.29, 0.717) is 22.6 Å². The second kappa shape index (κ2) is 6.87. The van der Waals surface area contributed by atoms with Crippen molar-refractivity contribution in [2.75, 3.05) is 5.32 Å². The van der Waals surface area contributed by atoms with Crippen LogP contribution in [0.1, 0.15) is 42.3 Å². The van der Waals surface area contributed by atoms with Crippen molar-refractivity contribution in [3.63, 3.8) is 0 Å². The van der Waals surface area contributed by atoms with E-state index in [4.69, 9.17) is 5.73 Å². The third-order valence-electron chi connectivity index (χ3n) is 3.71. The molecule has 27 heavy (non-hydrogen) atoms. The summed E-state index contributed by atoms with van der Waals surface area (Å²) in [6.07, 6.45) is -10.2. The lowest BCUT2D eigenvalue weighted by molar-refractivity contribution is -0.143. The Bertz CT molecular complexity index is 883. The van der Waals surface area contributed by atoms with Crippen molar-refractivity contribution in [2.45, 2.75) is 26.2 Å². The van der Waals surface area contributed by atoms with Gasteiger partial charge in [-0.3, -0.25) is 9.59 Å². The van der Waals surface area contributed by atoms with E-state index < -0.39 is 40.9 Å². The molecule has 4 nitrogen and oxygen atoms in total. The molecule has 0 radical (unpaired) electrons. The Morgan fingerprint density at radius 2 is 1.44 bits per heavy atom. The fourth-order valence-corrected chi connectivity index (χ4v) is 3.33. The molecule has 2 aromatic rings. The summed E-state index contributed by atoms with van der Waals surface area (Å²) >= 11 is 0.935. The van der Waals surface area contributed by atoms with E-state index in [0.717, 1.165) is 11.3 Å². The number of nitrogens with one attached hydrogen (secondary N) is 1. The van der Waals surface area contributed by atoms with E-state index in [2.05, 4.69) is 5.32 Å². The molecule has 1 heterocycles.